The Kier molecular flexibility index (Phi) is 11.2. The summed E-state index contributed by atoms with van der Waals surface area (Å²) in [6, 6.07) is 9.43. The van der Waals surface area contributed by atoms with Gasteiger partial charge in [-0.25, -0.2) is 4.98 Å². The second-order valence-corrected chi connectivity index (χ2v) is 13.1. The molecule has 1 fully saturated rings. The topological polar surface area (TPSA) is 110 Å². The fourth-order valence-electron chi connectivity index (χ4n) is 7.37. The molecular weight excluding hydrogens is 578 g/mol. The zero-order valence-corrected chi connectivity index (χ0v) is 27.4. The van der Waals surface area contributed by atoms with Crippen molar-refractivity contribution in [1.29, 1.82) is 0 Å². The van der Waals surface area contributed by atoms with Crippen LogP contribution in [0.5, 0.6) is 11.5 Å². The number of ketones is 1. The Labute approximate surface area is 273 Å². The summed E-state index contributed by atoms with van der Waals surface area (Å²) in [7, 11) is 1.49. The van der Waals surface area contributed by atoms with Gasteiger partial charge >= 0.3 is 5.97 Å². The highest BCUT2D eigenvalue weighted by Crippen LogP contribution is 2.47. The molecule has 1 aliphatic carbocycles. The number of aromatic hydroxyl groups is 1. The molecule has 2 bridgehead atoms. The number of aliphatic imine (C=N–C) groups is 1. The SMILES string of the molecule is CCC1CCC(OC(C)=O)CC(=O)CC(c2ccc(O)c(OC)c2)C#CCNc2cc(ccn2)C2(CCCC2)CC2=C(C=NC2)C1. The average molecular weight is 626 g/mol. The number of nitrogens with zero attached hydrogens (tertiary/aromatic N) is 2. The van der Waals surface area contributed by atoms with Crippen LogP contribution in [-0.4, -0.2) is 54.4 Å². The summed E-state index contributed by atoms with van der Waals surface area (Å²) in [6.45, 7) is 4.73. The van der Waals surface area contributed by atoms with E-state index in [9.17, 15) is 14.7 Å². The minimum Gasteiger partial charge on any atom is -0.504 e. The number of fused-ring (bicyclic) bond motifs is 3. The van der Waals surface area contributed by atoms with Gasteiger partial charge in [-0.2, -0.15) is 0 Å². The van der Waals surface area contributed by atoms with Gasteiger partial charge in [0.25, 0.3) is 0 Å². The number of hydrogen-bond acceptors (Lipinski definition) is 8. The average Bonchev–Trinajstić information content (AvgIpc) is 3.70. The number of rotatable bonds is 4. The molecule has 1 aromatic carbocycles. The number of phenolic OH excluding ortho intramolecular Hbond substituents is 1. The van der Waals surface area contributed by atoms with E-state index >= 15 is 0 Å². The van der Waals surface area contributed by atoms with Crippen molar-refractivity contribution in [2.75, 3.05) is 25.5 Å². The lowest BCUT2D eigenvalue weighted by Crippen LogP contribution is -2.24. The predicted octanol–water partition coefficient (Wildman–Crippen LogP) is 7.07. The fraction of sp³-hybridized carbons (Fsp3) is 0.526. The third kappa shape index (κ3) is 8.37. The molecule has 1 saturated carbocycles. The number of carbonyl (C=O) groups excluding carboxylic acids is 2. The minimum absolute atomic E-state index is 0.0252. The molecule has 244 valence electrons. The van der Waals surface area contributed by atoms with Gasteiger partial charge in [-0.3, -0.25) is 14.6 Å². The number of allylic oxidation sites excluding steroid dienone is 1. The number of nitrogens with one attached hydrogen (secondary N) is 1. The number of ether oxygens (including phenoxy) is 2. The van der Waals surface area contributed by atoms with Crippen molar-refractivity contribution in [3.05, 3.63) is 58.8 Å². The third-order valence-corrected chi connectivity index (χ3v) is 9.91. The number of aromatic nitrogens is 1. The molecule has 3 aliphatic rings. The lowest BCUT2D eigenvalue weighted by atomic mass is 9.73. The summed E-state index contributed by atoms with van der Waals surface area (Å²) in [4.78, 5) is 34.9. The molecule has 2 aromatic rings. The molecular formula is C38H47N3O5. The van der Waals surface area contributed by atoms with Crippen LogP contribution in [0.2, 0.25) is 0 Å². The number of benzene rings is 1. The number of anilines is 1. The number of phenols is 1. The van der Waals surface area contributed by atoms with E-state index in [1.54, 1.807) is 18.2 Å². The molecule has 2 aliphatic heterocycles. The summed E-state index contributed by atoms with van der Waals surface area (Å²) in [6.07, 6.45) is 12.9. The van der Waals surface area contributed by atoms with Gasteiger partial charge in [0.1, 0.15) is 17.7 Å². The van der Waals surface area contributed by atoms with Crippen molar-refractivity contribution < 1.29 is 24.2 Å². The lowest BCUT2D eigenvalue weighted by molar-refractivity contribution is -0.148. The zero-order chi connectivity index (χ0) is 32.5. The number of hydrogen-bond donors (Lipinski definition) is 2. The number of Topliss-reactive ketones (excluding diaryl/α,β-unsaturated/α-hetero) is 1. The molecule has 8 heteroatoms. The third-order valence-electron chi connectivity index (χ3n) is 9.91. The van der Waals surface area contributed by atoms with Gasteiger partial charge in [0.15, 0.2) is 11.5 Å². The second-order valence-electron chi connectivity index (χ2n) is 13.1. The molecule has 0 saturated heterocycles. The molecule has 2 N–H and O–H groups in total. The standard InChI is InChI=1S/C38H47N3O5/c1-4-27-9-11-34(46-26(2)42)22-33(43)19-28(29-10-12-35(44)36(20-29)45-3)8-7-16-40-37-21-32(13-17-41-37)38(14-5-6-15-38)23-31-25-39-24-30(31)18-27/h10,12-13,17,20-21,24,27-28,34,44H,4-6,9,11,14-16,18-19,22-23,25H2,1-3H3,(H,40,41). The van der Waals surface area contributed by atoms with Crippen LogP contribution in [0.3, 0.4) is 0 Å². The van der Waals surface area contributed by atoms with Crippen LogP contribution in [-0.2, 0) is 19.7 Å². The molecule has 3 atom stereocenters. The summed E-state index contributed by atoms with van der Waals surface area (Å²) in [5.41, 5.74) is 4.96. The van der Waals surface area contributed by atoms with Gasteiger partial charge in [-0.15, -0.1) is 0 Å². The smallest absolute Gasteiger partial charge is 0.302 e. The maximum absolute atomic E-state index is 13.5. The van der Waals surface area contributed by atoms with Gasteiger partial charge < -0.3 is 19.9 Å². The van der Waals surface area contributed by atoms with Crippen LogP contribution in [0.15, 0.2) is 52.7 Å². The normalized spacial score (nSPS) is 23.6. The van der Waals surface area contributed by atoms with Gasteiger partial charge in [-0.05, 0) is 96.4 Å². The van der Waals surface area contributed by atoms with Gasteiger partial charge in [0.05, 0.1) is 26.1 Å². The van der Waals surface area contributed by atoms with E-state index in [1.165, 1.54) is 43.6 Å². The summed E-state index contributed by atoms with van der Waals surface area (Å²) >= 11 is 0. The summed E-state index contributed by atoms with van der Waals surface area (Å²) in [5, 5.41) is 13.6. The Balaban J connectivity index is 1.48. The van der Waals surface area contributed by atoms with Crippen LogP contribution in [0, 0.1) is 17.8 Å². The van der Waals surface area contributed by atoms with E-state index in [4.69, 9.17) is 14.5 Å². The predicted molar refractivity (Wildman–Crippen MR) is 180 cm³/mol. The molecule has 3 heterocycles. The first-order chi connectivity index (χ1) is 22.3. The molecule has 8 nitrogen and oxygen atoms in total. The van der Waals surface area contributed by atoms with E-state index in [-0.39, 0.29) is 35.8 Å². The van der Waals surface area contributed by atoms with E-state index in [1.807, 2.05) is 6.20 Å². The van der Waals surface area contributed by atoms with E-state index in [2.05, 4.69) is 47.4 Å². The maximum atomic E-state index is 13.5. The number of pyridine rings is 1. The van der Waals surface area contributed by atoms with Crippen molar-refractivity contribution in [2.45, 2.75) is 102 Å². The first kappa shape index (κ1) is 33.2. The van der Waals surface area contributed by atoms with Crippen LogP contribution in [0.25, 0.3) is 0 Å². The maximum Gasteiger partial charge on any atom is 0.302 e. The second kappa shape index (κ2) is 15.4. The highest BCUT2D eigenvalue weighted by molar-refractivity contribution is 5.83. The molecule has 0 radical (unpaired) electrons. The molecule has 46 heavy (non-hydrogen) atoms. The first-order valence-corrected chi connectivity index (χ1v) is 16.7. The van der Waals surface area contributed by atoms with E-state index < -0.39 is 12.0 Å². The Morgan fingerprint density at radius 1 is 1.13 bits per heavy atom. The van der Waals surface area contributed by atoms with Crippen LogP contribution >= 0.6 is 0 Å². The quantitative estimate of drug-likeness (QED) is 0.276. The molecule has 1 spiro atoms. The molecule has 5 rings (SSSR count). The van der Waals surface area contributed by atoms with Crippen molar-refractivity contribution in [3.8, 4) is 23.3 Å². The Hall–Kier alpha value is -4.12. The highest BCUT2D eigenvalue weighted by Gasteiger charge is 2.37. The van der Waals surface area contributed by atoms with E-state index in [0.717, 1.165) is 56.5 Å². The fourth-order valence-corrected chi connectivity index (χ4v) is 7.37. The van der Waals surface area contributed by atoms with Crippen LogP contribution in [0.4, 0.5) is 5.82 Å². The van der Waals surface area contributed by atoms with Crippen LogP contribution in [0.1, 0.15) is 102 Å². The summed E-state index contributed by atoms with van der Waals surface area (Å²) < 4.78 is 11.0. The Morgan fingerprint density at radius 2 is 1.96 bits per heavy atom. The molecule has 3 unspecified atom stereocenters. The monoisotopic (exact) mass is 625 g/mol. The van der Waals surface area contributed by atoms with Gasteiger partial charge in [0.2, 0.25) is 0 Å². The van der Waals surface area contributed by atoms with Crippen molar-refractivity contribution in [1.82, 2.24) is 4.98 Å². The number of methoxy groups -OCH3 is 1. The molecule has 0 amide bonds. The number of esters is 1. The Bertz CT molecular complexity index is 1530. The van der Waals surface area contributed by atoms with Crippen molar-refractivity contribution in [2.24, 2.45) is 10.9 Å². The minimum atomic E-state index is -0.488. The highest BCUT2D eigenvalue weighted by atomic mass is 16.5. The van der Waals surface area contributed by atoms with E-state index in [0.29, 0.717) is 24.6 Å². The van der Waals surface area contributed by atoms with Gasteiger partial charge in [0, 0.05) is 32.2 Å². The number of carbonyl (C=O) groups is 2. The summed E-state index contributed by atoms with van der Waals surface area (Å²) in [5.74, 6) is 7.21. The molecule has 1 aromatic heterocycles. The largest absolute Gasteiger partial charge is 0.504 e. The van der Waals surface area contributed by atoms with Crippen molar-refractivity contribution in [3.63, 3.8) is 0 Å². The Morgan fingerprint density at radius 3 is 2.72 bits per heavy atom. The van der Waals surface area contributed by atoms with Crippen molar-refractivity contribution >= 4 is 23.8 Å². The lowest BCUT2D eigenvalue weighted by Gasteiger charge is -2.31. The van der Waals surface area contributed by atoms with Gasteiger partial charge in [-0.1, -0.05) is 44.1 Å². The zero-order valence-electron chi connectivity index (χ0n) is 27.4. The first-order valence-electron chi connectivity index (χ1n) is 16.7. The van der Waals surface area contributed by atoms with Crippen LogP contribution < -0.4 is 10.1 Å².